The van der Waals surface area contributed by atoms with Crippen LogP contribution in [0.5, 0.6) is 0 Å². The maximum absolute atomic E-state index is 3.97. The van der Waals surface area contributed by atoms with Gasteiger partial charge in [-0.25, -0.2) is 9.97 Å². The smallest absolute Gasteiger partial charge is 0.125 e. The largest absolute Gasteiger partial charge is 0.241 e. The molecule has 0 aliphatic heterocycles. The predicted octanol–water partition coefficient (Wildman–Crippen LogP) is 5.20. The van der Waals surface area contributed by atoms with Crippen LogP contribution in [0.4, 0.5) is 0 Å². The molecular weight excluding hydrogens is 232 g/mol. The van der Waals surface area contributed by atoms with Crippen molar-refractivity contribution in [1.82, 2.24) is 9.97 Å². The summed E-state index contributed by atoms with van der Waals surface area (Å²) in [7, 11) is 0. The second-order valence-electron chi connectivity index (χ2n) is 4.17. The summed E-state index contributed by atoms with van der Waals surface area (Å²) < 4.78 is 0. The van der Waals surface area contributed by atoms with Gasteiger partial charge in [0.05, 0.1) is 0 Å². The molecule has 0 unspecified atom stereocenters. The standard InChI is InChI=1S/C9H14.C6H8N2.C2H6/c1-5-9(4)7-6-8(2)3;1-5-3-7-6(2)8-4-5;1-2/h5-7H,1H2,2-4H3;3-4H,1-2H3;1-2H3/b9-7-;;. The number of nitrogens with zero attached hydrogens (tertiary/aromatic N) is 2. The van der Waals surface area contributed by atoms with Crippen LogP contribution in [0.3, 0.4) is 0 Å². The molecule has 0 fully saturated rings. The minimum absolute atomic E-state index is 0.829. The van der Waals surface area contributed by atoms with Gasteiger partial charge in [-0.15, -0.1) is 0 Å². The molecule has 0 atom stereocenters. The summed E-state index contributed by atoms with van der Waals surface area (Å²) in [6.07, 6.45) is 9.60. The van der Waals surface area contributed by atoms with Crippen molar-refractivity contribution in [3.63, 3.8) is 0 Å². The van der Waals surface area contributed by atoms with Crippen LogP contribution in [-0.2, 0) is 0 Å². The van der Waals surface area contributed by atoms with E-state index in [-0.39, 0.29) is 0 Å². The van der Waals surface area contributed by atoms with Crippen molar-refractivity contribution in [1.29, 1.82) is 0 Å². The summed E-state index contributed by atoms with van der Waals surface area (Å²) in [6.45, 7) is 17.7. The van der Waals surface area contributed by atoms with Crippen molar-refractivity contribution in [2.75, 3.05) is 0 Å². The van der Waals surface area contributed by atoms with Gasteiger partial charge in [0.1, 0.15) is 5.82 Å². The SMILES string of the molecule is C=C/C(C)=C\C=C(C)C.CC.Cc1cnc(C)nc1. The molecule has 0 radical (unpaired) electrons. The number of hydrogen-bond donors (Lipinski definition) is 0. The summed E-state index contributed by atoms with van der Waals surface area (Å²) in [4.78, 5) is 7.94. The van der Waals surface area contributed by atoms with E-state index in [0.717, 1.165) is 11.4 Å². The van der Waals surface area contributed by atoms with Crippen molar-refractivity contribution >= 4 is 0 Å². The Hall–Kier alpha value is -1.70. The lowest BCUT2D eigenvalue weighted by atomic mass is 10.2. The van der Waals surface area contributed by atoms with Gasteiger partial charge in [0.2, 0.25) is 0 Å². The molecule has 0 saturated heterocycles. The molecule has 19 heavy (non-hydrogen) atoms. The molecule has 0 N–H and O–H groups in total. The Morgan fingerprint density at radius 3 is 1.79 bits per heavy atom. The Labute approximate surface area is 119 Å². The Morgan fingerprint density at radius 1 is 1.00 bits per heavy atom. The summed E-state index contributed by atoms with van der Waals surface area (Å²) >= 11 is 0. The number of aromatic nitrogens is 2. The third-order valence-corrected chi connectivity index (χ3v) is 1.91. The average Bonchev–Trinajstić information content (AvgIpc) is 2.42. The lowest BCUT2D eigenvalue weighted by Crippen LogP contribution is -1.84. The van der Waals surface area contributed by atoms with Crippen molar-refractivity contribution in [3.05, 3.63) is 59.7 Å². The van der Waals surface area contributed by atoms with E-state index in [1.807, 2.05) is 53.1 Å². The number of rotatable bonds is 2. The molecule has 1 aromatic rings. The molecule has 1 aromatic heterocycles. The highest BCUT2D eigenvalue weighted by molar-refractivity contribution is 5.21. The van der Waals surface area contributed by atoms with Gasteiger partial charge >= 0.3 is 0 Å². The van der Waals surface area contributed by atoms with Gasteiger partial charge in [-0.3, -0.25) is 0 Å². The molecule has 0 spiro atoms. The topological polar surface area (TPSA) is 25.8 Å². The lowest BCUT2D eigenvalue weighted by Gasteiger charge is -1.88. The minimum atomic E-state index is 0.829. The van der Waals surface area contributed by atoms with Gasteiger partial charge in [0.25, 0.3) is 0 Å². The van der Waals surface area contributed by atoms with E-state index in [2.05, 4.69) is 42.5 Å². The van der Waals surface area contributed by atoms with Crippen LogP contribution in [0.15, 0.2) is 48.3 Å². The monoisotopic (exact) mass is 260 g/mol. The molecule has 106 valence electrons. The number of aryl methyl sites for hydroxylation is 2. The molecule has 0 aromatic carbocycles. The maximum Gasteiger partial charge on any atom is 0.125 e. The Morgan fingerprint density at radius 2 is 1.47 bits per heavy atom. The second kappa shape index (κ2) is 12.7. The molecule has 2 nitrogen and oxygen atoms in total. The first-order valence-corrected chi connectivity index (χ1v) is 6.65. The summed E-state index contributed by atoms with van der Waals surface area (Å²) in [6, 6.07) is 0. The van der Waals surface area contributed by atoms with Crippen LogP contribution in [0.2, 0.25) is 0 Å². The van der Waals surface area contributed by atoms with E-state index < -0.39 is 0 Å². The van der Waals surface area contributed by atoms with Crippen LogP contribution >= 0.6 is 0 Å². The Bertz CT molecular complexity index is 373. The highest BCUT2D eigenvalue weighted by Crippen LogP contribution is 1.96. The van der Waals surface area contributed by atoms with Gasteiger partial charge < -0.3 is 0 Å². The molecule has 2 heteroatoms. The van der Waals surface area contributed by atoms with Gasteiger partial charge in [-0.2, -0.15) is 0 Å². The molecule has 0 amide bonds. The molecule has 1 rings (SSSR count). The first-order chi connectivity index (χ1) is 8.95. The van der Waals surface area contributed by atoms with Crippen molar-refractivity contribution < 1.29 is 0 Å². The zero-order valence-corrected chi connectivity index (χ0v) is 13.5. The number of hydrogen-bond acceptors (Lipinski definition) is 2. The zero-order chi connectivity index (χ0) is 15.3. The van der Waals surface area contributed by atoms with Gasteiger partial charge in [0, 0.05) is 12.4 Å². The van der Waals surface area contributed by atoms with E-state index in [1.54, 1.807) is 0 Å². The highest BCUT2D eigenvalue weighted by Gasteiger charge is 1.82. The molecule has 0 aliphatic carbocycles. The van der Waals surface area contributed by atoms with Crippen LogP contribution in [-0.4, -0.2) is 9.97 Å². The van der Waals surface area contributed by atoms with Crippen LogP contribution < -0.4 is 0 Å². The van der Waals surface area contributed by atoms with Crippen LogP contribution in [0.25, 0.3) is 0 Å². The summed E-state index contributed by atoms with van der Waals surface area (Å²) in [5.41, 5.74) is 3.63. The third kappa shape index (κ3) is 14.2. The molecule has 1 heterocycles. The average molecular weight is 260 g/mol. The normalized spacial score (nSPS) is 9.32. The fourth-order valence-corrected chi connectivity index (χ4v) is 0.823. The van der Waals surface area contributed by atoms with E-state index in [1.165, 1.54) is 11.1 Å². The first-order valence-electron chi connectivity index (χ1n) is 6.65. The summed E-state index contributed by atoms with van der Waals surface area (Å²) in [5.74, 6) is 0.829. The fourth-order valence-electron chi connectivity index (χ4n) is 0.823. The third-order valence-electron chi connectivity index (χ3n) is 1.91. The molecule has 0 aliphatic rings. The van der Waals surface area contributed by atoms with E-state index in [9.17, 15) is 0 Å². The number of allylic oxidation sites excluding steroid dienone is 5. The summed E-state index contributed by atoms with van der Waals surface area (Å²) in [5, 5.41) is 0. The zero-order valence-electron chi connectivity index (χ0n) is 13.5. The van der Waals surface area contributed by atoms with Crippen molar-refractivity contribution in [2.24, 2.45) is 0 Å². The van der Waals surface area contributed by atoms with Crippen LogP contribution in [0, 0.1) is 13.8 Å². The Balaban J connectivity index is 0. The highest BCUT2D eigenvalue weighted by atomic mass is 14.8. The van der Waals surface area contributed by atoms with E-state index in [4.69, 9.17) is 0 Å². The van der Waals surface area contributed by atoms with Crippen LogP contribution in [0.1, 0.15) is 46.0 Å². The van der Waals surface area contributed by atoms with Crippen molar-refractivity contribution in [3.8, 4) is 0 Å². The van der Waals surface area contributed by atoms with E-state index in [0.29, 0.717) is 0 Å². The van der Waals surface area contributed by atoms with E-state index >= 15 is 0 Å². The fraction of sp³-hybridized carbons (Fsp3) is 0.412. The lowest BCUT2D eigenvalue weighted by molar-refractivity contribution is 1.03. The van der Waals surface area contributed by atoms with Gasteiger partial charge in [0.15, 0.2) is 0 Å². The Kier molecular flexibility index (Phi) is 13.2. The quantitative estimate of drug-likeness (QED) is 0.683. The molecule has 0 saturated carbocycles. The molecule has 0 bridgehead atoms. The van der Waals surface area contributed by atoms with Gasteiger partial charge in [-0.1, -0.05) is 49.8 Å². The van der Waals surface area contributed by atoms with Gasteiger partial charge in [-0.05, 0) is 40.2 Å². The maximum atomic E-state index is 3.97. The predicted molar refractivity (Wildman–Crippen MR) is 86.2 cm³/mol. The first kappa shape index (κ1) is 19.6. The molecular formula is C17H28N2. The van der Waals surface area contributed by atoms with Crippen molar-refractivity contribution in [2.45, 2.75) is 48.5 Å². The minimum Gasteiger partial charge on any atom is -0.241 e. The second-order valence-corrected chi connectivity index (χ2v) is 4.17.